The summed E-state index contributed by atoms with van der Waals surface area (Å²) in [7, 11) is 0. The molecule has 10 nitrogen and oxygen atoms in total. The van der Waals surface area contributed by atoms with Gasteiger partial charge in [-0.3, -0.25) is 0 Å². The summed E-state index contributed by atoms with van der Waals surface area (Å²) in [4.78, 5) is 25.7. The minimum Gasteiger partial charge on any atom is -0.493 e. The lowest BCUT2D eigenvalue weighted by atomic mass is 10.1. The lowest BCUT2D eigenvalue weighted by Crippen LogP contribution is -2.43. The molecule has 0 aliphatic carbocycles. The van der Waals surface area contributed by atoms with Crippen LogP contribution in [0.4, 0.5) is 20.6 Å². The molecular formula is C22H21FN4O6. The van der Waals surface area contributed by atoms with Gasteiger partial charge in [0.2, 0.25) is 5.88 Å². The number of ether oxygens (including phenoxy) is 3. The second-order valence-corrected chi connectivity index (χ2v) is 7.77. The van der Waals surface area contributed by atoms with Crippen LogP contribution < -0.4 is 10.1 Å². The lowest BCUT2D eigenvalue weighted by molar-refractivity contribution is -0.0173. The highest BCUT2D eigenvalue weighted by molar-refractivity contribution is 5.99. The molecule has 0 unspecified atom stereocenters. The summed E-state index contributed by atoms with van der Waals surface area (Å²) < 4.78 is 31.7. The van der Waals surface area contributed by atoms with Gasteiger partial charge in [-0.1, -0.05) is 0 Å². The predicted molar refractivity (Wildman–Crippen MR) is 116 cm³/mol. The molecule has 3 heterocycles. The van der Waals surface area contributed by atoms with Crippen molar-refractivity contribution in [1.29, 1.82) is 0 Å². The van der Waals surface area contributed by atoms with Gasteiger partial charge in [-0.15, -0.1) is 4.91 Å². The molecule has 11 heteroatoms. The number of nitroso groups, excluding NO2 is 1. The van der Waals surface area contributed by atoms with Crippen molar-refractivity contribution in [2.45, 2.75) is 13.2 Å². The Morgan fingerprint density at radius 3 is 2.79 bits per heavy atom. The van der Waals surface area contributed by atoms with Crippen molar-refractivity contribution in [2.24, 2.45) is 5.18 Å². The van der Waals surface area contributed by atoms with Crippen molar-refractivity contribution in [2.75, 3.05) is 38.4 Å². The van der Waals surface area contributed by atoms with Crippen LogP contribution >= 0.6 is 0 Å². The van der Waals surface area contributed by atoms with Gasteiger partial charge in [0.25, 0.3) is 0 Å². The Kier molecular flexibility index (Phi) is 5.56. The molecule has 2 N–H and O–H groups in total. The molecule has 1 aromatic heterocycles. The highest BCUT2D eigenvalue weighted by Crippen LogP contribution is 2.41. The van der Waals surface area contributed by atoms with E-state index in [4.69, 9.17) is 14.2 Å². The normalized spacial score (nSPS) is 15.7. The number of halogens is 1. The number of carbonyl (C=O) groups is 1. The van der Waals surface area contributed by atoms with E-state index >= 15 is 0 Å². The molecule has 1 saturated heterocycles. The quantitative estimate of drug-likeness (QED) is 0.579. The average molecular weight is 456 g/mol. The average Bonchev–Trinajstić information content (AvgIpc) is 3.09. The SMILES string of the molecule is O=Nc1c(O)n(Cc2cc(F)cc3c2OCOC3)c2cc(NC(=O)N3CCOCC3)ccc12. The van der Waals surface area contributed by atoms with Gasteiger partial charge in [-0.05, 0) is 35.5 Å². The van der Waals surface area contributed by atoms with E-state index in [0.717, 1.165) is 0 Å². The number of aromatic hydroxyl groups is 1. The highest BCUT2D eigenvalue weighted by Gasteiger charge is 2.23. The fourth-order valence-corrected chi connectivity index (χ4v) is 4.16. The Morgan fingerprint density at radius 2 is 2.00 bits per heavy atom. The minimum absolute atomic E-state index is 0.0127. The van der Waals surface area contributed by atoms with Crippen LogP contribution in [-0.2, 0) is 22.6 Å². The predicted octanol–water partition coefficient (Wildman–Crippen LogP) is 3.66. The number of urea groups is 1. The molecule has 2 aromatic carbocycles. The van der Waals surface area contributed by atoms with Gasteiger partial charge in [-0.25, -0.2) is 9.18 Å². The van der Waals surface area contributed by atoms with Gasteiger partial charge in [0.15, 0.2) is 12.5 Å². The van der Waals surface area contributed by atoms with Gasteiger partial charge in [0, 0.05) is 35.3 Å². The molecule has 172 valence electrons. The number of rotatable bonds is 4. The topological polar surface area (TPSA) is 115 Å². The molecule has 0 atom stereocenters. The zero-order chi connectivity index (χ0) is 22.9. The number of anilines is 1. The smallest absolute Gasteiger partial charge is 0.322 e. The van der Waals surface area contributed by atoms with Crippen LogP contribution in [0.1, 0.15) is 11.1 Å². The van der Waals surface area contributed by atoms with Crippen LogP contribution in [0, 0.1) is 10.7 Å². The van der Waals surface area contributed by atoms with E-state index in [0.29, 0.717) is 59.8 Å². The fraction of sp³-hybridized carbons (Fsp3) is 0.318. The summed E-state index contributed by atoms with van der Waals surface area (Å²) in [6, 6.07) is 7.24. The Labute approximate surface area is 187 Å². The number of aromatic nitrogens is 1. The molecule has 3 aromatic rings. The van der Waals surface area contributed by atoms with Crippen molar-refractivity contribution in [3.63, 3.8) is 0 Å². The van der Waals surface area contributed by atoms with E-state index in [1.165, 1.54) is 16.7 Å². The maximum Gasteiger partial charge on any atom is 0.322 e. The van der Waals surface area contributed by atoms with E-state index in [-0.39, 0.29) is 37.5 Å². The van der Waals surface area contributed by atoms with Crippen LogP contribution in [-0.4, -0.2) is 53.7 Å². The number of morpholine rings is 1. The third-order valence-corrected chi connectivity index (χ3v) is 5.73. The molecular weight excluding hydrogens is 435 g/mol. The first kappa shape index (κ1) is 21.2. The monoisotopic (exact) mass is 456 g/mol. The maximum absolute atomic E-state index is 14.2. The van der Waals surface area contributed by atoms with Gasteiger partial charge in [0.1, 0.15) is 11.6 Å². The van der Waals surface area contributed by atoms with Gasteiger partial charge in [-0.2, -0.15) is 0 Å². The molecule has 5 rings (SSSR count). The van der Waals surface area contributed by atoms with Crippen LogP contribution in [0.3, 0.4) is 0 Å². The zero-order valence-electron chi connectivity index (χ0n) is 17.5. The molecule has 2 aliphatic heterocycles. The first-order valence-electron chi connectivity index (χ1n) is 10.4. The number of amides is 2. The van der Waals surface area contributed by atoms with Gasteiger partial charge >= 0.3 is 6.03 Å². The first-order chi connectivity index (χ1) is 16.0. The molecule has 0 bridgehead atoms. The Hall–Kier alpha value is -3.70. The van der Waals surface area contributed by atoms with Gasteiger partial charge < -0.3 is 34.1 Å². The van der Waals surface area contributed by atoms with Crippen LogP contribution in [0.2, 0.25) is 0 Å². The van der Waals surface area contributed by atoms with E-state index < -0.39 is 5.82 Å². The molecule has 0 saturated carbocycles. The third-order valence-electron chi connectivity index (χ3n) is 5.73. The summed E-state index contributed by atoms with van der Waals surface area (Å²) in [5.74, 6) is -0.357. The zero-order valence-corrected chi connectivity index (χ0v) is 17.5. The van der Waals surface area contributed by atoms with E-state index in [1.807, 2.05) is 0 Å². The van der Waals surface area contributed by atoms with Crippen molar-refractivity contribution < 1.29 is 28.5 Å². The number of nitrogens with zero attached hydrogens (tertiary/aromatic N) is 3. The second kappa shape index (κ2) is 8.68. The van der Waals surface area contributed by atoms with Crippen LogP contribution in [0.5, 0.6) is 11.6 Å². The number of benzene rings is 2. The summed E-state index contributed by atoms with van der Waals surface area (Å²) in [6.07, 6.45) is 0. The van der Waals surface area contributed by atoms with Crippen molar-refractivity contribution in [3.05, 3.63) is 52.2 Å². The van der Waals surface area contributed by atoms with E-state index in [9.17, 15) is 19.2 Å². The number of nitrogens with one attached hydrogen (secondary N) is 1. The summed E-state index contributed by atoms with van der Waals surface area (Å²) in [6.45, 7) is 2.17. The van der Waals surface area contributed by atoms with E-state index in [1.54, 1.807) is 23.1 Å². The molecule has 33 heavy (non-hydrogen) atoms. The largest absolute Gasteiger partial charge is 0.493 e. The summed E-state index contributed by atoms with van der Waals surface area (Å²) in [5, 5.41) is 16.9. The lowest BCUT2D eigenvalue weighted by Gasteiger charge is -2.27. The first-order valence-corrected chi connectivity index (χ1v) is 10.4. The fourth-order valence-electron chi connectivity index (χ4n) is 4.16. The molecule has 2 amide bonds. The second-order valence-electron chi connectivity index (χ2n) is 7.77. The van der Waals surface area contributed by atoms with E-state index in [2.05, 4.69) is 10.5 Å². The summed E-state index contributed by atoms with van der Waals surface area (Å²) in [5.41, 5.74) is 1.82. The molecule has 0 radical (unpaired) electrons. The number of fused-ring (bicyclic) bond motifs is 2. The van der Waals surface area contributed by atoms with Gasteiger partial charge in [0.05, 0.1) is 31.9 Å². The van der Waals surface area contributed by atoms with Crippen molar-refractivity contribution in [1.82, 2.24) is 9.47 Å². The molecule has 1 fully saturated rings. The molecule has 0 spiro atoms. The third kappa shape index (κ3) is 3.96. The summed E-state index contributed by atoms with van der Waals surface area (Å²) >= 11 is 0. The van der Waals surface area contributed by atoms with Crippen LogP contribution in [0.15, 0.2) is 35.5 Å². The van der Waals surface area contributed by atoms with Crippen molar-refractivity contribution >= 4 is 28.3 Å². The minimum atomic E-state index is -0.471. The Morgan fingerprint density at radius 1 is 1.18 bits per heavy atom. The number of hydrogen-bond donors (Lipinski definition) is 2. The maximum atomic E-state index is 14.2. The number of hydrogen-bond acceptors (Lipinski definition) is 7. The van der Waals surface area contributed by atoms with Crippen molar-refractivity contribution in [3.8, 4) is 11.6 Å². The Bertz CT molecular complexity index is 1240. The molecule has 2 aliphatic rings. The number of carbonyl (C=O) groups excluding carboxylic acids is 1. The van der Waals surface area contributed by atoms with Crippen LogP contribution in [0.25, 0.3) is 10.9 Å². The Balaban J connectivity index is 1.52. The highest BCUT2D eigenvalue weighted by atomic mass is 19.1. The standard InChI is InChI=1S/C22H21FN4O6/c23-15-7-13(20-14(8-15)11-32-12-33-20)10-27-18-9-16(1-2-17(18)19(25-30)21(27)28)24-22(29)26-3-5-31-6-4-26/h1-2,7-9,28H,3-6,10-12H2,(H,24,29).